The van der Waals surface area contributed by atoms with Gasteiger partial charge in [0.2, 0.25) is 0 Å². The third-order valence-electron chi connectivity index (χ3n) is 11.5. The van der Waals surface area contributed by atoms with Crippen LogP contribution in [0.15, 0.2) is 180 Å². The van der Waals surface area contributed by atoms with Gasteiger partial charge in [0.15, 0.2) is 0 Å². The van der Waals surface area contributed by atoms with Crippen molar-refractivity contribution in [3.8, 4) is 33.4 Å². The molecule has 0 aliphatic heterocycles. The van der Waals surface area contributed by atoms with Crippen molar-refractivity contribution in [3.05, 3.63) is 187 Å². The molecular formula is C51H35NOS. The summed E-state index contributed by atoms with van der Waals surface area (Å²) in [6, 6.07) is 64.1. The van der Waals surface area contributed by atoms with Gasteiger partial charge in [0, 0.05) is 59.0 Å². The number of anilines is 3. The van der Waals surface area contributed by atoms with Gasteiger partial charge < -0.3 is 9.32 Å². The van der Waals surface area contributed by atoms with E-state index in [1.165, 1.54) is 64.7 Å². The summed E-state index contributed by atoms with van der Waals surface area (Å²) in [4.78, 5) is 2.42. The molecule has 0 saturated heterocycles. The number of thiophene rings is 1. The molecule has 256 valence electrons. The Morgan fingerprint density at radius 3 is 2.00 bits per heavy atom. The van der Waals surface area contributed by atoms with Crippen LogP contribution in [0.2, 0.25) is 0 Å². The Morgan fingerprint density at radius 2 is 1.13 bits per heavy atom. The van der Waals surface area contributed by atoms with Crippen molar-refractivity contribution in [1.82, 2.24) is 0 Å². The van der Waals surface area contributed by atoms with Gasteiger partial charge in [0.1, 0.15) is 11.2 Å². The summed E-state index contributed by atoms with van der Waals surface area (Å²) in [6.45, 7) is 4.71. The molecule has 0 unspecified atom stereocenters. The van der Waals surface area contributed by atoms with E-state index in [1.54, 1.807) is 0 Å². The van der Waals surface area contributed by atoms with E-state index in [4.69, 9.17) is 4.42 Å². The molecular weight excluding hydrogens is 675 g/mol. The van der Waals surface area contributed by atoms with Crippen LogP contribution in [0.4, 0.5) is 17.1 Å². The average Bonchev–Trinajstić information content (AvgIpc) is 3.86. The molecule has 8 aromatic carbocycles. The molecule has 0 N–H and O–H groups in total. The zero-order chi connectivity index (χ0) is 36.0. The summed E-state index contributed by atoms with van der Waals surface area (Å²) in [5, 5.41) is 4.72. The van der Waals surface area contributed by atoms with Crippen LogP contribution in [0.1, 0.15) is 25.0 Å². The number of furan rings is 1. The molecule has 2 heterocycles. The van der Waals surface area contributed by atoms with Crippen molar-refractivity contribution in [1.29, 1.82) is 0 Å². The second kappa shape index (κ2) is 11.8. The zero-order valence-corrected chi connectivity index (χ0v) is 30.8. The Balaban J connectivity index is 1.12. The summed E-state index contributed by atoms with van der Waals surface area (Å²) in [5.74, 6) is 0. The topological polar surface area (TPSA) is 16.4 Å². The predicted octanol–water partition coefficient (Wildman–Crippen LogP) is 15.1. The third-order valence-corrected chi connectivity index (χ3v) is 12.7. The first kappa shape index (κ1) is 31.1. The molecule has 0 fully saturated rings. The summed E-state index contributed by atoms with van der Waals surface area (Å²) in [6.07, 6.45) is 0. The van der Waals surface area contributed by atoms with Crippen molar-refractivity contribution >= 4 is 70.5 Å². The molecule has 0 saturated carbocycles. The number of fused-ring (bicyclic) bond motifs is 10. The smallest absolute Gasteiger partial charge is 0.144 e. The van der Waals surface area contributed by atoms with Gasteiger partial charge in [-0.05, 0) is 93.5 Å². The van der Waals surface area contributed by atoms with E-state index >= 15 is 0 Å². The standard InChI is InChI=1S/C51H35NOS/c1-51(2)44-20-9-6-17-38(44)39-28-27-37(30-45(39)51)52(35-25-23-33(24-26-35)32-13-4-3-5-14-32)36-16-12-15-34(29-36)42-31-43-40-18-7-10-21-46(40)53-49(43)48-41-19-8-11-22-47(41)54-50(42)48/h3-31H,1-2H3. The second-order valence-electron chi connectivity index (χ2n) is 14.9. The molecule has 0 radical (unpaired) electrons. The molecule has 54 heavy (non-hydrogen) atoms. The van der Waals surface area contributed by atoms with Crippen molar-refractivity contribution in [2.45, 2.75) is 19.3 Å². The Hall–Kier alpha value is -6.42. The summed E-state index contributed by atoms with van der Waals surface area (Å²) < 4.78 is 9.13. The summed E-state index contributed by atoms with van der Waals surface area (Å²) in [5.41, 5.74) is 15.3. The van der Waals surface area contributed by atoms with E-state index in [0.29, 0.717) is 0 Å². The van der Waals surface area contributed by atoms with Crippen LogP contribution in [0.3, 0.4) is 0 Å². The maximum atomic E-state index is 6.62. The van der Waals surface area contributed by atoms with Crippen LogP contribution in [-0.2, 0) is 5.41 Å². The molecule has 2 nitrogen and oxygen atoms in total. The van der Waals surface area contributed by atoms with Gasteiger partial charge in [-0.15, -0.1) is 11.3 Å². The highest BCUT2D eigenvalue weighted by molar-refractivity contribution is 7.26. The summed E-state index contributed by atoms with van der Waals surface area (Å²) >= 11 is 1.85. The fraction of sp³-hybridized carbons (Fsp3) is 0.0588. The minimum absolute atomic E-state index is 0.109. The van der Waals surface area contributed by atoms with E-state index in [9.17, 15) is 0 Å². The number of benzene rings is 8. The van der Waals surface area contributed by atoms with Crippen LogP contribution in [0, 0.1) is 0 Å². The van der Waals surface area contributed by atoms with Gasteiger partial charge in [-0.1, -0.05) is 135 Å². The van der Waals surface area contributed by atoms with Crippen molar-refractivity contribution in [2.24, 2.45) is 0 Å². The first-order valence-corrected chi connectivity index (χ1v) is 19.4. The van der Waals surface area contributed by atoms with Crippen LogP contribution in [0.25, 0.3) is 75.5 Å². The molecule has 2 aromatic heterocycles. The largest absolute Gasteiger partial charge is 0.455 e. The number of para-hydroxylation sites is 1. The number of hydrogen-bond acceptors (Lipinski definition) is 3. The van der Waals surface area contributed by atoms with E-state index in [2.05, 4.69) is 195 Å². The Kier molecular flexibility index (Phi) is 6.80. The number of rotatable bonds is 5. The minimum atomic E-state index is -0.109. The van der Waals surface area contributed by atoms with E-state index in [0.717, 1.165) is 39.0 Å². The molecule has 10 aromatic rings. The van der Waals surface area contributed by atoms with E-state index < -0.39 is 0 Å². The van der Waals surface area contributed by atoms with Gasteiger partial charge in [0.05, 0.1) is 0 Å². The Labute approximate surface area is 318 Å². The highest BCUT2D eigenvalue weighted by Crippen LogP contribution is 2.51. The van der Waals surface area contributed by atoms with E-state index in [-0.39, 0.29) is 5.41 Å². The first-order valence-electron chi connectivity index (χ1n) is 18.6. The lowest BCUT2D eigenvalue weighted by molar-refractivity contribution is 0.660. The van der Waals surface area contributed by atoms with Gasteiger partial charge in [-0.25, -0.2) is 0 Å². The second-order valence-corrected chi connectivity index (χ2v) is 16.0. The minimum Gasteiger partial charge on any atom is -0.455 e. The Morgan fingerprint density at radius 1 is 0.463 bits per heavy atom. The lowest BCUT2D eigenvalue weighted by atomic mass is 9.82. The maximum absolute atomic E-state index is 6.62. The molecule has 0 amide bonds. The maximum Gasteiger partial charge on any atom is 0.144 e. The monoisotopic (exact) mass is 709 g/mol. The number of nitrogens with zero attached hydrogens (tertiary/aromatic N) is 1. The fourth-order valence-corrected chi connectivity index (χ4v) is 10.0. The normalized spacial score (nSPS) is 13.1. The van der Waals surface area contributed by atoms with Gasteiger partial charge in [0.25, 0.3) is 0 Å². The van der Waals surface area contributed by atoms with Crippen LogP contribution < -0.4 is 4.90 Å². The van der Waals surface area contributed by atoms with Gasteiger partial charge in [-0.3, -0.25) is 0 Å². The van der Waals surface area contributed by atoms with Crippen LogP contribution >= 0.6 is 11.3 Å². The van der Waals surface area contributed by atoms with E-state index in [1.807, 2.05) is 11.3 Å². The van der Waals surface area contributed by atoms with Gasteiger partial charge in [-0.2, -0.15) is 0 Å². The molecule has 1 aliphatic rings. The number of hydrogen-bond donors (Lipinski definition) is 0. The molecule has 0 atom stereocenters. The van der Waals surface area contributed by atoms with Crippen LogP contribution in [-0.4, -0.2) is 0 Å². The van der Waals surface area contributed by atoms with Crippen molar-refractivity contribution in [2.75, 3.05) is 4.90 Å². The van der Waals surface area contributed by atoms with Crippen LogP contribution in [0.5, 0.6) is 0 Å². The quantitative estimate of drug-likeness (QED) is 0.177. The lowest BCUT2D eigenvalue weighted by Crippen LogP contribution is -2.16. The molecule has 0 spiro atoms. The first-order chi connectivity index (χ1) is 26.5. The third kappa shape index (κ3) is 4.65. The highest BCUT2D eigenvalue weighted by Gasteiger charge is 2.35. The zero-order valence-electron chi connectivity index (χ0n) is 30.0. The fourth-order valence-electron chi connectivity index (χ4n) is 8.80. The van der Waals surface area contributed by atoms with Crippen molar-refractivity contribution in [3.63, 3.8) is 0 Å². The molecule has 0 bridgehead atoms. The Bertz CT molecular complexity index is 3080. The molecule has 3 heteroatoms. The lowest BCUT2D eigenvalue weighted by Gasteiger charge is -2.28. The van der Waals surface area contributed by atoms with Gasteiger partial charge >= 0.3 is 0 Å². The summed E-state index contributed by atoms with van der Waals surface area (Å²) in [7, 11) is 0. The highest BCUT2D eigenvalue weighted by atomic mass is 32.1. The molecule has 11 rings (SSSR count). The van der Waals surface area contributed by atoms with Crippen molar-refractivity contribution < 1.29 is 4.42 Å². The predicted molar refractivity (Wildman–Crippen MR) is 230 cm³/mol. The average molecular weight is 710 g/mol. The SMILES string of the molecule is CC1(C)c2ccccc2-c2ccc(N(c3ccc(-c4ccccc4)cc3)c3cccc(-c4cc5c6ccccc6oc5c5c4sc4ccccc45)c3)cc21. The molecule has 1 aliphatic carbocycles.